The summed E-state index contributed by atoms with van der Waals surface area (Å²) in [5.74, 6) is 3.31. The minimum Gasteiger partial charge on any atom is -0.494 e. The lowest BCUT2D eigenvalue weighted by Crippen LogP contribution is -2.10. The highest BCUT2D eigenvalue weighted by Crippen LogP contribution is 2.35. The molecule has 0 saturated heterocycles. The molecule has 1 aliphatic rings. The van der Waals surface area contributed by atoms with Gasteiger partial charge in [-0.25, -0.2) is 0 Å². The molecule has 0 amide bonds. The highest BCUT2D eigenvalue weighted by atomic mass is 32.2. The molecule has 3 rings (SSSR count). The molecular weight excluding hydrogens is 298 g/mol. The Kier molecular flexibility index (Phi) is 4.88. The van der Waals surface area contributed by atoms with E-state index in [0.29, 0.717) is 0 Å². The molecule has 0 saturated carbocycles. The average molecular weight is 319 g/mol. The molecule has 1 atom stereocenters. The molecule has 2 nitrogen and oxygen atoms in total. The summed E-state index contributed by atoms with van der Waals surface area (Å²) >= 11 is 3.90. The zero-order valence-corrected chi connectivity index (χ0v) is 13.9. The van der Waals surface area contributed by atoms with Crippen molar-refractivity contribution in [2.75, 3.05) is 12.4 Å². The lowest BCUT2D eigenvalue weighted by molar-refractivity contribution is 0.317. The third-order valence-corrected chi connectivity index (χ3v) is 5.99. The SMILES string of the molecule is CCCOc1ccc(C(N)c2cc3c(s2)CCSC3)cc1. The summed E-state index contributed by atoms with van der Waals surface area (Å²) < 4.78 is 5.62. The number of fused-ring (bicyclic) bond motifs is 1. The summed E-state index contributed by atoms with van der Waals surface area (Å²) in [4.78, 5) is 2.81. The Balaban J connectivity index is 1.75. The van der Waals surface area contributed by atoms with Gasteiger partial charge in [0, 0.05) is 15.5 Å². The fraction of sp³-hybridized carbons (Fsp3) is 0.412. The van der Waals surface area contributed by atoms with Crippen molar-refractivity contribution in [1.82, 2.24) is 0 Å². The molecule has 1 aromatic heterocycles. The van der Waals surface area contributed by atoms with E-state index in [1.165, 1.54) is 27.5 Å². The van der Waals surface area contributed by atoms with Crippen molar-refractivity contribution in [1.29, 1.82) is 0 Å². The van der Waals surface area contributed by atoms with Gasteiger partial charge < -0.3 is 10.5 Å². The average Bonchev–Trinajstić information content (AvgIpc) is 2.96. The molecular formula is C17H21NOS2. The van der Waals surface area contributed by atoms with Gasteiger partial charge in [0.1, 0.15) is 5.75 Å². The van der Waals surface area contributed by atoms with Crippen LogP contribution < -0.4 is 10.5 Å². The molecule has 0 aliphatic carbocycles. The van der Waals surface area contributed by atoms with E-state index >= 15 is 0 Å². The van der Waals surface area contributed by atoms with Crippen molar-refractivity contribution < 1.29 is 4.74 Å². The van der Waals surface area contributed by atoms with Crippen molar-refractivity contribution in [3.05, 3.63) is 51.2 Å². The molecule has 4 heteroatoms. The number of hydrogen-bond acceptors (Lipinski definition) is 4. The van der Waals surface area contributed by atoms with E-state index in [9.17, 15) is 0 Å². The molecule has 2 heterocycles. The Hall–Kier alpha value is -0.970. The number of hydrogen-bond donors (Lipinski definition) is 1. The molecule has 2 aromatic rings. The van der Waals surface area contributed by atoms with Crippen LogP contribution in [-0.4, -0.2) is 12.4 Å². The van der Waals surface area contributed by atoms with Crippen molar-refractivity contribution >= 4 is 23.1 Å². The van der Waals surface area contributed by atoms with Crippen LogP contribution in [0, 0.1) is 0 Å². The molecule has 1 aliphatic heterocycles. The first kappa shape index (κ1) is 14.9. The third-order valence-electron chi connectivity index (χ3n) is 3.67. The van der Waals surface area contributed by atoms with Crippen molar-refractivity contribution in [2.24, 2.45) is 5.73 Å². The fourth-order valence-electron chi connectivity index (χ4n) is 2.48. The summed E-state index contributed by atoms with van der Waals surface area (Å²) in [5.41, 5.74) is 9.09. The van der Waals surface area contributed by atoms with Gasteiger partial charge in [0.05, 0.1) is 12.6 Å². The largest absolute Gasteiger partial charge is 0.494 e. The van der Waals surface area contributed by atoms with E-state index < -0.39 is 0 Å². The fourth-order valence-corrected chi connectivity index (χ4v) is 4.88. The molecule has 0 fully saturated rings. The highest BCUT2D eigenvalue weighted by molar-refractivity contribution is 7.98. The van der Waals surface area contributed by atoms with Gasteiger partial charge in [-0.15, -0.1) is 11.3 Å². The third kappa shape index (κ3) is 3.44. The second kappa shape index (κ2) is 6.86. The predicted molar refractivity (Wildman–Crippen MR) is 92.4 cm³/mol. The molecule has 0 bridgehead atoms. The van der Waals surface area contributed by atoms with Crippen molar-refractivity contribution in [3.8, 4) is 5.75 Å². The molecule has 1 unspecified atom stereocenters. The van der Waals surface area contributed by atoms with Gasteiger partial charge in [0.15, 0.2) is 0 Å². The monoisotopic (exact) mass is 319 g/mol. The van der Waals surface area contributed by atoms with E-state index in [2.05, 4.69) is 25.1 Å². The van der Waals surface area contributed by atoms with Crippen LogP contribution >= 0.6 is 23.1 Å². The topological polar surface area (TPSA) is 35.2 Å². The number of nitrogens with two attached hydrogens (primary N) is 1. The lowest BCUT2D eigenvalue weighted by atomic mass is 10.1. The number of thiophene rings is 1. The van der Waals surface area contributed by atoms with E-state index in [4.69, 9.17) is 10.5 Å². The molecule has 112 valence electrons. The van der Waals surface area contributed by atoms with Crippen LogP contribution in [0.25, 0.3) is 0 Å². The first-order valence-corrected chi connectivity index (χ1v) is 9.42. The minimum absolute atomic E-state index is 0.0224. The summed E-state index contributed by atoms with van der Waals surface area (Å²) in [6.07, 6.45) is 2.22. The zero-order valence-electron chi connectivity index (χ0n) is 12.3. The quantitative estimate of drug-likeness (QED) is 0.888. The smallest absolute Gasteiger partial charge is 0.119 e. The number of ether oxygens (including phenoxy) is 1. The van der Waals surface area contributed by atoms with Crippen LogP contribution in [0.5, 0.6) is 5.75 Å². The summed E-state index contributed by atoms with van der Waals surface area (Å²) in [5, 5.41) is 0. The predicted octanol–water partition coefficient (Wildman–Crippen LogP) is 4.37. The van der Waals surface area contributed by atoms with Crippen LogP contribution in [-0.2, 0) is 12.2 Å². The van der Waals surface area contributed by atoms with Crippen LogP contribution in [0.1, 0.15) is 40.3 Å². The molecule has 21 heavy (non-hydrogen) atoms. The molecule has 0 spiro atoms. The van der Waals surface area contributed by atoms with Crippen LogP contribution in [0.15, 0.2) is 30.3 Å². The number of thioether (sulfide) groups is 1. The van der Waals surface area contributed by atoms with Crippen LogP contribution in [0.3, 0.4) is 0 Å². The van der Waals surface area contributed by atoms with E-state index in [0.717, 1.165) is 30.1 Å². The normalized spacial score (nSPS) is 15.5. The minimum atomic E-state index is -0.0224. The van der Waals surface area contributed by atoms with Crippen molar-refractivity contribution in [3.63, 3.8) is 0 Å². The maximum atomic E-state index is 6.44. The van der Waals surface area contributed by atoms with E-state index in [-0.39, 0.29) is 6.04 Å². The van der Waals surface area contributed by atoms with E-state index in [1.54, 1.807) is 0 Å². The zero-order chi connectivity index (χ0) is 14.7. The van der Waals surface area contributed by atoms with Gasteiger partial charge >= 0.3 is 0 Å². The number of benzene rings is 1. The van der Waals surface area contributed by atoms with Gasteiger partial charge in [-0.05, 0) is 47.9 Å². The second-order valence-corrected chi connectivity index (χ2v) is 7.57. The Morgan fingerprint density at radius 2 is 2.10 bits per heavy atom. The Bertz CT molecular complexity index is 568. The maximum absolute atomic E-state index is 6.44. The highest BCUT2D eigenvalue weighted by Gasteiger charge is 2.18. The number of aryl methyl sites for hydroxylation is 1. The molecule has 0 radical (unpaired) electrons. The van der Waals surface area contributed by atoms with Gasteiger partial charge in [0.25, 0.3) is 0 Å². The Morgan fingerprint density at radius 3 is 2.81 bits per heavy atom. The van der Waals surface area contributed by atoms with Gasteiger partial charge in [0.2, 0.25) is 0 Å². The van der Waals surface area contributed by atoms with E-state index in [1.807, 2.05) is 35.2 Å². The first-order chi connectivity index (χ1) is 10.3. The second-order valence-electron chi connectivity index (χ2n) is 5.29. The van der Waals surface area contributed by atoms with Gasteiger partial charge in [-0.2, -0.15) is 11.8 Å². The molecule has 1 aromatic carbocycles. The summed E-state index contributed by atoms with van der Waals surface area (Å²) in [6.45, 7) is 2.88. The van der Waals surface area contributed by atoms with Gasteiger partial charge in [-0.1, -0.05) is 19.1 Å². The van der Waals surface area contributed by atoms with Crippen LogP contribution in [0.2, 0.25) is 0 Å². The first-order valence-electron chi connectivity index (χ1n) is 7.45. The maximum Gasteiger partial charge on any atom is 0.119 e. The van der Waals surface area contributed by atoms with Crippen LogP contribution in [0.4, 0.5) is 0 Å². The van der Waals surface area contributed by atoms with Crippen molar-refractivity contribution in [2.45, 2.75) is 31.6 Å². The Morgan fingerprint density at radius 1 is 1.29 bits per heavy atom. The summed E-state index contributed by atoms with van der Waals surface area (Å²) in [7, 11) is 0. The lowest BCUT2D eigenvalue weighted by Gasteiger charge is -2.11. The standard InChI is InChI=1S/C17H21NOS2/c1-2-8-19-14-5-3-12(4-6-14)17(18)16-10-13-11-20-9-7-15(13)21-16/h3-6,10,17H,2,7-9,11,18H2,1H3. The summed E-state index contributed by atoms with van der Waals surface area (Å²) in [6, 6.07) is 10.5. The van der Waals surface area contributed by atoms with Gasteiger partial charge in [-0.3, -0.25) is 0 Å². The number of rotatable bonds is 5. The molecule has 2 N–H and O–H groups in total. The Labute approximate surface area is 134 Å².